The lowest BCUT2D eigenvalue weighted by molar-refractivity contribution is 0.430. The van der Waals surface area contributed by atoms with E-state index in [1.54, 1.807) is 30.9 Å². The van der Waals surface area contributed by atoms with Crippen molar-refractivity contribution >= 4 is 7.69 Å². The summed E-state index contributed by atoms with van der Waals surface area (Å²) in [4.78, 5) is 30.6. The normalized spacial score (nSPS) is 10.6. The molecule has 5 aromatic heterocycles. The summed E-state index contributed by atoms with van der Waals surface area (Å²) < 4.78 is 5.02. The van der Waals surface area contributed by atoms with Gasteiger partial charge in [0.05, 0.1) is 17.1 Å². The van der Waals surface area contributed by atoms with Gasteiger partial charge >= 0.3 is 13.7 Å². The quantitative estimate of drug-likeness (QED) is 0.404. The van der Waals surface area contributed by atoms with Crippen molar-refractivity contribution in [2.24, 2.45) is 0 Å². The van der Waals surface area contributed by atoms with Crippen molar-refractivity contribution in [2.45, 2.75) is 0 Å². The maximum atomic E-state index is 9.08. The third-order valence-electron chi connectivity index (χ3n) is 4.68. The second-order valence-electron chi connectivity index (χ2n) is 6.78. The molecular formula is C23H15BN7O2. The molecule has 0 aliphatic heterocycles. The predicted octanol–water partition coefficient (Wildman–Crippen LogP) is 3.02. The molecule has 10 heteroatoms. The first-order chi connectivity index (χ1) is 16.3. The Morgan fingerprint density at radius 1 is 0.576 bits per heavy atom. The molecule has 0 aromatic carbocycles. The summed E-state index contributed by atoms with van der Waals surface area (Å²) in [5, 5.41) is 9.08. The van der Waals surface area contributed by atoms with Gasteiger partial charge in [0.1, 0.15) is 5.69 Å². The van der Waals surface area contributed by atoms with Crippen LogP contribution in [0.2, 0.25) is 0 Å². The molecule has 33 heavy (non-hydrogen) atoms. The molecule has 0 atom stereocenters. The van der Waals surface area contributed by atoms with E-state index in [4.69, 9.17) is 9.68 Å². The average molecular weight is 432 g/mol. The molecule has 157 valence electrons. The molecule has 0 spiro atoms. The Kier molecular flexibility index (Phi) is 5.73. The summed E-state index contributed by atoms with van der Waals surface area (Å²) >= 11 is 0. The van der Waals surface area contributed by atoms with Crippen molar-refractivity contribution in [1.29, 1.82) is 0 Å². The van der Waals surface area contributed by atoms with Crippen molar-refractivity contribution in [3.8, 4) is 51.6 Å². The fraction of sp³-hybridized carbons (Fsp3) is 0. The van der Waals surface area contributed by atoms with E-state index in [0.717, 1.165) is 22.6 Å². The second-order valence-corrected chi connectivity index (χ2v) is 6.78. The third kappa shape index (κ3) is 4.55. The summed E-state index contributed by atoms with van der Waals surface area (Å²) in [7, 11) is 0.517. The number of hydrogen-bond acceptors (Lipinski definition) is 9. The maximum absolute atomic E-state index is 9.08. The van der Waals surface area contributed by atoms with Crippen LogP contribution in [-0.4, -0.2) is 47.6 Å². The van der Waals surface area contributed by atoms with E-state index >= 15 is 0 Å². The summed E-state index contributed by atoms with van der Waals surface area (Å²) in [5.74, 6) is 0.616. The van der Waals surface area contributed by atoms with Crippen molar-refractivity contribution in [3.63, 3.8) is 0 Å². The first kappa shape index (κ1) is 20.3. The standard InChI is InChI=1S/C23H15BN7O2/c32-24-33-23-30-21(16-8-9-19(27-14-16)18-6-2-4-12-26-18)29-22(31-23)20-10-7-15(13-28-20)17-5-1-3-11-25-17/h1-14,32H. The topological polar surface area (TPSA) is 120 Å². The molecule has 1 N–H and O–H groups in total. The summed E-state index contributed by atoms with van der Waals surface area (Å²) in [6.07, 6.45) is 6.78. The highest BCUT2D eigenvalue weighted by atomic mass is 16.5. The Bertz CT molecular complexity index is 1250. The van der Waals surface area contributed by atoms with Crippen molar-refractivity contribution < 1.29 is 9.68 Å². The number of aromatic nitrogens is 7. The molecule has 0 fully saturated rings. The van der Waals surface area contributed by atoms with E-state index in [1.165, 1.54) is 0 Å². The van der Waals surface area contributed by atoms with E-state index in [1.807, 2.05) is 54.6 Å². The Labute approximate surface area is 189 Å². The van der Waals surface area contributed by atoms with Crippen LogP contribution in [0.1, 0.15) is 0 Å². The molecule has 5 heterocycles. The molecule has 9 nitrogen and oxygen atoms in total. The number of rotatable bonds is 6. The van der Waals surface area contributed by atoms with Gasteiger partial charge in [0, 0.05) is 35.9 Å². The minimum absolute atomic E-state index is 0.0677. The lowest BCUT2D eigenvalue weighted by Crippen LogP contribution is -2.07. The predicted molar refractivity (Wildman–Crippen MR) is 121 cm³/mol. The zero-order chi connectivity index (χ0) is 22.5. The van der Waals surface area contributed by atoms with E-state index in [2.05, 4.69) is 34.9 Å². The van der Waals surface area contributed by atoms with Crippen LogP contribution in [0, 0.1) is 0 Å². The van der Waals surface area contributed by atoms with Crippen LogP contribution in [0.3, 0.4) is 0 Å². The number of nitrogens with zero attached hydrogens (tertiary/aromatic N) is 7. The first-order valence-corrected chi connectivity index (χ1v) is 9.94. The average Bonchev–Trinajstić information content (AvgIpc) is 2.90. The molecule has 1 radical (unpaired) electrons. The Hall–Kier alpha value is -4.57. The molecule has 0 saturated carbocycles. The molecule has 0 amide bonds. The van der Waals surface area contributed by atoms with Crippen LogP contribution >= 0.6 is 0 Å². The van der Waals surface area contributed by atoms with Crippen LogP contribution in [0.25, 0.3) is 45.6 Å². The highest BCUT2D eigenvalue weighted by Crippen LogP contribution is 2.24. The zero-order valence-electron chi connectivity index (χ0n) is 17.1. The Morgan fingerprint density at radius 2 is 1.21 bits per heavy atom. The fourth-order valence-corrected chi connectivity index (χ4v) is 3.10. The molecule has 5 rings (SSSR count). The minimum Gasteiger partial charge on any atom is -0.508 e. The van der Waals surface area contributed by atoms with Gasteiger partial charge < -0.3 is 9.68 Å². The van der Waals surface area contributed by atoms with Gasteiger partial charge in [0.25, 0.3) is 0 Å². The van der Waals surface area contributed by atoms with Crippen molar-refractivity contribution in [2.75, 3.05) is 0 Å². The van der Waals surface area contributed by atoms with Crippen LogP contribution in [0.4, 0.5) is 0 Å². The highest BCUT2D eigenvalue weighted by Gasteiger charge is 2.14. The van der Waals surface area contributed by atoms with E-state index in [-0.39, 0.29) is 6.01 Å². The van der Waals surface area contributed by atoms with Gasteiger partial charge in [0.15, 0.2) is 11.6 Å². The summed E-state index contributed by atoms with van der Waals surface area (Å²) in [6.45, 7) is 0. The monoisotopic (exact) mass is 432 g/mol. The van der Waals surface area contributed by atoms with Crippen LogP contribution in [0.5, 0.6) is 6.01 Å². The van der Waals surface area contributed by atoms with Crippen LogP contribution < -0.4 is 4.65 Å². The summed E-state index contributed by atoms with van der Waals surface area (Å²) in [5.41, 5.74) is 4.32. The van der Waals surface area contributed by atoms with Gasteiger partial charge in [-0.1, -0.05) is 12.1 Å². The molecule has 0 aliphatic carbocycles. The van der Waals surface area contributed by atoms with Crippen molar-refractivity contribution in [3.05, 3.63) is 85.5 Å². The largest absolute Gasteiger partial charge is 0.571 e. The molecule has 0 bridgehead atoms. The lowest BCUT2D eigenvalue weighted by Gasteiger charge is -2.08. The van der Waals surface area contributed by atoms with Gasteiger partial charge in [-0.05, 0) is 48.5 Å². The van der Waals surface area contributed by atoms with Gasteiger partial charge in [-0.15, -0.1) is 0 Å². The molecule has 0 saturated heterocycles. The van der Waals surface area contributed by atoms with Crippen LogP contribution in [0.15, 0.2) is 85.5 Å². The van der Waals surface area contributed by atoms with E-state index in [0.29, 0.717) is 30.6 Å². The smallest absolute Gasteiger partial charge is 0.508 e. The summed E-state index contributed by atoms with van der Waals surface area (Å²) in [6, 6.07) is 18.6. The zero-order valence-corrected chi connectivity index (χ0v) is 17.1. The van der Waals surface area contributed by atoms with Gasteiger partial charge in [-0.25, -0.2) is 4.98 Å². The molecule has 5 aromatic rings. The second kappa shape index (κ2) is 9.29. The highest BCUT2D eigenvalue weighted by molar-refractivity contribution is 6.17. The van der Waals surface area contributed by atoms with E-state index < -0.39 is 0 Å². The molecule has 0 unspecified atom stereocenters. The van der Waals surface area contributed by atoms with Gasteiger partial charge in [-0.2, -0.15) is 9.97 Å². The van der Waals surface area contributed by atoms with Crippen molar-refractivity contribution in [1.82, 2.24) is 34.9 Å². The molecule has 0 aliphatic rings. The SMILES string of the molecule is O[B]Oc1nc(-c2ccc(-c3ccccn3)nc2)nc(-c2ccc(-c3ccccn3)cn2)n1. The van der Waals surface area contributed by atoms with Crippen LogP contribution in [-0.2, 0) is 0 Å². The first-order valence-electron chi connectivity index (χ1n) is 9.94. The van der Waals surface area contributed by atoms with Gasteiger partial charge in [0.2, 0.25) is 0 Å². The Balaban J connectivity index is 1.49. The lowest BCUT2D eigenvalue weighted by atomic mass is 10.1. The molecular weight excluding hydrogens is 417 g/mol. The maximum Gasteiger partial charge on any atom is 0.571 e. The van der Waals surface area contributed by atoms with Gasteiger partial charge in [-0.3, -0.25) is 19.9 Å². The Morgan fingerprint density at radius 3 is 1.85 bits per heavy atom. The minimum atomic E-state index is -0.0677. The number of hydrogen-bond donors (Lipinski definition) is 1. The fourth-order valence-electron chi connectivity index (χ4n) is 3.10. The third-order valence-corrected chi connectivity index (χ3v) is 4.68. The van der Waals surface area contributed by atoms with E-state index in [9.17, 15) is 0 Å². The number of pyridine rings is 4.